The summed E-state index contributed by atoms with van der Waals surface area (Å²) < 4.78 is 26.4. The number of carbonyl (C=O) groups is 4. The summed E-state index contributed by atoms with van der Waals surface area (Å²) in [6, 6.07) is 13.9. The first-order chi connectivity index (χ1) is 21.3. The molecule has 0 saturated heterocycles. The van der Waals surface area contributed by atoms with Crippen molar-refractivity contribution in [3.63, 3.8) is 0 Å². The molecule has 1 aliphatic carbocycles. The molecule has 0 unspecified atom stereocenters. The second-order valence-electron chi connectivity index (χ2n) is 10.2. The Bertz CT molecular complexity index is 1310. The third-order valence-electron chi connectivity index (χ3n) is 6.83. The lowest BCUT2D eigenvalue weighted by molar-refractivity contribution is -0.141. The molecule has 0 aliphatic heterocycles. The number of hydrogen-bond acceptors (Lipinski definition) is 9. The van der Waals surface area contributed by atoms with E-state index in [1.807, 2.05) is 0 Å². The first kappa shape index (κ1) is 33.6. The monoisotopic (exact) mass is 602 g/mol. The predicted molar refractivity (Wildman–Crippen MR) is 165 cm³/mol. The van der Waals surface area contributed by atoms with Crippen LogP contribution in [0.2, 0.25) is 0 Å². The summed E-state index contributed by atoms with van der Waals surface area (Å²) in [4.78, 5) is 46.6. The number of rotatable bonds is 16. The fraction of sp³-hybridized carbons (Fsp3) is 0.314. The van der Waals surface area contributed by atoms with Crippen LogP contribution >= 0.6 is 0 Å². The SMILES string of the molecule is C=CC(=O)OCCCOc1ccc(C=CC(=O)Oc2ccc(C=CC(=O)OCC3CCC(COC(=O)C=C)CC3)cc2)cc1. The number of esters is 4. The molecular weight excluding hydrogens is 564 g/mol. The van der Waals surface area contributed by atoms with Crippen molar-refractivity contribution >= 4 is 36.0 Å². The molecule has 0 aromatic heterocycles. The maximum absolute atomic E-state index is 12.2. The van der Waals surface area contributed by atoms with Gasteiger partial charge in [-0.25, -0.2) is 19.2 Å². The van der Waals surface area contributed by atoms with Crippen LogP contribution in [-0.2, 0) is 33.4 Å². The fourth-order valence-corrected chi connectivity index (χ4v) is 4.35. The van der Waals surface area contributed by atoms with Gasteiger partial charge in [0.15, 0.2) is 0 Å². The van der Waals surface area contributed by atoms with Gasteiger partial charge in [-0.05, 0) is 85.1 Å². The number of hydrogen-bond donors (Lipinski definition) is 0. The molecule has 0 radical (unpaired) electrons. The molecule has 0 N–H and O–H groups in total. The van der Waals surface area contributed by atoms with Crippen molar-refractivity contribution in [2.45, 2.75) is 32.1 Å². The molecule has 2 aromatic rings. The summed E-state index contributed by atoms with van der Waals surface area (Å²) >= 11 is 0. The summed E-state index contributed by atoms with van der Waals surface area (Å²) in [7, 11) is 0. The Morgan fingerprint density at radius 3 is 1.64 bits per heavy atom. The second kappa shape index (κ2) is 18.6. The first-order valence-corrected chi connectivity index (χ1v) is 14.5. The van der Waals surface area contributed by atoms with E-state index in [0.717, 1.165) is 42.9 Å². The molecule has 232 valence electrons. The normalized spacial score (nSPS) is 16.2. The lowest BCUT2D eigenvalue weighted by atomic mass is 9.83. The summed E-state index contributed by atoms with van der Waals surface area (Å²) in [6.07, 6.45) is 12.5. The summed E-state index contributed by atoms with van der Waals surface area (Å²) in [5, 5.41) is 0. The third-order valence-corrected chi connectivity index (χ3v) is 6.83. The summed E-state index contributed by atoms with van der Waals surface area (Å²) in [5.41, 5.74) is 1.55. The van der Waals surface area contributed by atoms with Crippen molar-refractivity contribution in [1.82, 2.24) is 0 Å². The van der Waals surface area contributed by atoms with Crippen molar-refractivity contribution in [3.8, 4) is 11.5 Å². The van der Waals surface area contributed by atoms with Crippen LogP contribution in [0.3, 0.4) is 0 Å². The number of ether oxygens (including phenoxy) is 5. The topological polar surface area (TPSA) is 114 Å². The standard InChI is InChI=1S/C35H38O9/c1-3-32(36)41-23-5-22-40-30-16-10-26(11-17-30)15-21-35(39)44-31-18-12-27(13-19-31)14-20-34(38)43-25-29-8-6-28(7-9-29)24-42-33(37)4-2/h3-4,10-21,28-29H,1-2,5-9,22-25H2. The van der Waals surface area contributed by atoms with Gasteiger partial charge in [0.1, 0.15) is 11.5 Å². The predicted octanol–water partition coefficient (Wildman–Crippen LogP) is 5.90. The number of carbonyl (C=O) groups excluding carboxylic acids is 4. The minimum Gasteiger partial charge on any atom is -0.493 e. The van der Waals surface area contributed by atoms with Crippen LogP contribution in [0.5, 0.6) is 11.5 Å². The van der Waals surface area contributed by atoms with E-state index in [1.165, 1.54) is 18.2 Å². The van der Waals surface area contributed by atoms with Gasteiger partial charge in [-0.15, -0.1) is 0 Å². The molecule has 9 heteroatoms. The van der Waals surface area contributed by atoms with Gasteiger partial charge in [0.05, 0.1) is 26.4 Å². The van der Waals surface area contributed by atoms with Crippen LogP contribution in [0, 0.1) is 11.8 Å². The molecule has 0 heterocycles. The van der Waals surface area contributed by atoms with E-state index in [4.69, 9.17) is 23.7 Å². The minimum atomic E-state index is -0.530. The Kier molecular flexibility index (Phi) is 14.2. The van der Waals surface area contributed by atoms with Crippen molar-refractivity contribution < 1.29 is 42.9 Å². The lowest BCUT2D eigenvalue weighted by Gasteiger charge is -2.27. The molecule has 0 spiro atoms. The summed E-state index contributed by atoms with van der Waals surface area (Å²) in [6.45, 7) is 8.15. The van der Waals surface area contributed by atoms with E-state index >= 15 is 0 Å². The fourth-order valence-electron chi connectivity index (χ4n) is 4.35. The van der Waals surface area contributed by atoms with Gasteiger partial charge in [0.25, 0.3) is 0 Å². The summed E-state index contributed by atoms with van der Waals surface area (Å²) in [5.74, 6) is -0.142. The van der Waals surface area contributed by atoms with E-state index in [2.05, 4.69) is 13.2 Å². The molecule has 1 fully saturated rings. The van der Waals surface area contributed by atoms with Crippen LogP contribution in [-0.4, -0.2) is 50.3 Å². The largest absolute Gasteiger partial charge is 0.493 e. The van der Waals surface area contributed by atoms with Crippen molar-refractivity contribution in [1.29, 1.82) is 0 Å². The highest BCUT2D eigenvalue weighted by Gasteiger charge is 2.23. The Morgan fingerprint density at radius 1 is 0.614 bits per heavy atom. The lowest BCUT2D eigenvalue weighted by Crippen LogP contribution is -2.23. The first-order valence-electron chi connectivity index (χ1n) is 14.5. The smallest absolute Gasteiger partial charge is 0.336 e. The molecule has 0 atom stereocenters. The second-order valence-corrected chi connectivity index (χ2v) is 10.2. The van der Waals surface area contributed by atoms with Crippen LogP contribution < -0.4 is 9.47 Å². The Labute approximate surface area is 257 Å². The van der Waals surface area contributed by atoms with Gasteiger partial charge in [0, 0.05) is 30.7 Å². The zero-order valence-electron chi connectivity index (χ0n) is 24.7. The highest BCUT2D eigenvalue weighted by Crippen LogP contribution is 2.29. The van der Waals surface area contributed by atoms with Crippen LogP contribution in [0.25, 0.3) is 12.2 Å². The molecule has 2 aromatic carbocycles. The minimum absolute atomic E-state index is 0.255. The maximum atomic E-state index is 12.2. The van der Waals surface area contributed by atoms with E-state index in [9.17, 15) is 19.2 Å². The van der Waals surface area contributed by atoms with Crippen LogP contribution in [0.1, 0.15) is 43.2 Å². The average molecular weight is 603 g/mol. The Morgan fingerprint density at radius 2 is 1.09 bits per heavy atom. The van der Waals surface area contributed by atoms with Gasteiger partial charge >= 0.3 is 23.9 Å². The quantitative estimate of drug-likeness (QED) is 0.0762. The van der Waals surface area contributed by atoms with Gasteiger partial charge in [-0.1, -0.05) is 37.4 Å². The van der Waals surface area contributed by atoms with Crippen molar-refractivity contribution in [2.24, 2.45) is 11.8 Å². The molecule has 9 nitrogen and oxygen atoms in total. The molecule has 44 heavy (non-hydrogen) atoms. The number of benzene rings is 2. The van der Waals surface area contributed by atoms with E-state index < -0.39 is 23.9 Å². The highest BCUT2D eigenvalue weighted by molar-refractivity contribution is 5.89. The molecule has 0 bridgehead atoms. The maximum Gasteiger partial charge on any atom is 0.336 e. The van der Waals surface area contributed by atoms with E-state index in [0.29, 0.717) is 49.6 Å². The molecule has 0 amide bonds. The molecule has 1 saturated carbocycles. The van der Waals surface area contributed by atoms with Gasteiger partial charge in [-0.2, -0.15) is 0 Å². The van der Waals surface area contributed by atoms with Gasteiger partial charge < -0.3 is 23.7 Å². The zero-order valence-corrected chi connectivity index (χ0v) is 24.7. The molecule has 3 rings (SSSR count). The van der Waals surface area contributed by atoms with E-state index in [1.54, 1.807) is 60.7 Å². The Balaban J connectivity index is 1.33. The van der Waals surface area contributed by atoms with E-state index in [-0.39, 0.29) is 6.61 Å². The Hall–Kier alpha value is -4.92. The van der Waals surface area contributed by atoms with Crippen LogP contribution in [0.4, 0.5) is 0 Å². The molecule has 1 aliphatic rings. The third kappa shape index (κ3) is 12.9. The zero-order chi connectivity index (χ0) is 31.6. The molecular formula is C35H38O9. The van der Waals surface area contributed by atoms with Crippen molar-refractivity contribution in [3.05, 3.63) is 97.1 Å². The van der Waals surface area contributed by atoms with Crippen LogP contribution in [0.15, 0.2) is 86.0 Å². The van der Waals surface area contributed by atoms with Crippen molar-refractivity contribution in [2.75, 3.05) is 26.4 Å². The van der Waals surface area contributed by atoms with Gasteiger partial charge in [-0.3, -0.25) is 0 Å². The van der Waals surface area contributed by atoms with Gasteiger partial charge in [0.2, 0.25) is 0 Å². The average Bonchev–Trinajstić information content (AvgIpc) is 3.05. The highest BCUT2D eigenvalue weighted by atomic mass is 16.5.